The number of benzene rings is 1. The summed E-state index contributed by atoms with van der Waals surface area (Å²) in [7, 11) is 0. The molecule has 1 aromatic rings. The summed E-state index contributed by atoms with van der Waals surface area (Å²) in [6.07, 6.45) is 2.06. The van der Waals surface area contributed by atoms with Gasteiger partial charge in [0.15, 0.2) is 0 Å². The maximum absolute atomic E-state index is 10.7. The van der Waals surface area contributed by atoms with Crippen molar-refractivity contribution in [3.8, 4) is 0 Å². The van der Waals surface area contributed by atoms with Crippen LogP contribution >= 0.6 is 0 Å². The first-order chi connectivity index (χ1) is 9.54. The molecule has 0 aromatic heterocycles. The van der Waals surface area contributed by atoms with Crippen molar-refractivity contribution in [3.63, 3.8) is 0 Å². The normalized spacial score (nSPS) is 17.0. The monoisotopic (exact) mass is 278 g/mol. The highest BCUT2D eigenvalue weighted by atomic mass is 16.6. The Morgan fingerprint density at radius 3 is 2.40 bits per heavy atom. The van der Waals surface area contributed by atoms with Gasteiger partial charge >= 0.3 is 5.97 Å². The second kappa shape index (κ2) is 6.47. The molecule has 1 heterocycles. The standard InChI is InChI=1S/C14H18N2O4/c17-14(18)9-11-5-7-15(8-6-11)10-12-1-3-13(4-2-12)16(19)20/h1-4,11H,5-10H2,(H,17,18). The second-order valence-corrected chi connectivity index (χ2v) is 5.24. The SMILES string of the molecule is O=C(O)CC1CCN(Cc2ccc([N+](=O)[O-])cc2)CC1. The Balaban J connectivity index is 1.83. The fraction of sp³-hybridized carbons (Fsp3) is 0.500. The van der Waals surface area contributed by atoms with Crippen molar-refractivity contribution in [2.45, 2.75) is 25.8 Å². The van der Waals surface area contributed by atoms with E-state index in [1.807, 2.05) is 0 Å². The predicted octanol–water partition coefficient (Wildman–Crippen LogP) is 2.28. The molecular weight excluding hydrogens is 260 g/mol. The lowest BCUT2D eigenvalue weighted by Crippen LogP contribution is -2.33. The third kappa shape index (κ3) is 4.03. The molecule has 1 fully saturated rings. The summed E-state index contributed by atoms with van der Waals surface area (Å²) in [5.41, 5.74) is 1.15. The number of nitro groups is 1. The van der Waals surface area contributed by atoms with Gasteiger partial charge in [0.25, 0.3) is 5.69 Å². The van der Waals surface area contributed by atoms with E-state index >= 15 is 0 Å². The van der Waals surface area contributed by atoms with Crippen molar-refractivity contribution in [3.05, 3.63) is 39.9 Å². The van der Waals surface area contributed by atoms with E-state index in [1.165, 1.54) is 12.1 Å². The molecular formula is C14H18N2O4. The van der Waals surface area contributed by atoms with Crippen LogP contribution in [0.5, 0.6) is 0 Å². The molecule has 0 atom stereocenters. The van der Waals surface area contributed by atoms with Crippen LogP contribution in [0, 0.1) is 16.0 Å². The Morgan fingerprint density at radius 2 is 1.90 bits per heavy atom. The summed E-state index contributed by atoms with van der Waals surface area (Å²) < 4.78 is 0. The Labute approximate surface area is 117 Å². The number of rotatable bonds is 5. The van der Waals surface area contributed by atoms with E-state index in [9.17, 15) is 14.9 Å². The summed E-state index contributed by atoms with van der Waals surface area (Å²) in [6, 6.07) is 6.60. The molecule has 6 nitrogen and oxygen atoms in total. The predicted molar refractivity (Wildman–Crippen MR) is 73.4 cm³/mol. The van der Waals surface area contributed by atoms with E-state index in [0.717, 1.165) is 38.0 Å². The Bertz CT molecular complexity index is 478. The number of non-ortho nitro benzene ring substituents is 1. The van der Waals surface area contributed by atoms with Crippen LogP contribution in [0.4, 0.5) is 5.69 Å². The summed E-state index contributed by atoms with van der Waals surface area (Å²) in [5, 5.41) is 19.3. The zero-order valence-corrected chi connectivity index (χ0v) is 11.2. The largest absolute Gasteiger partial charge is 0.481 e. The van der Waals surface area contributed by atoms with Crippen LogP contribution in [0.15, 0.2) is 24.3 Å². The summed E-state index contributed by atoms with van der Waals surface area (Å²) in [5.74, 6) is -0.445. The summed E-state index contributed by atoms with van der Waals surface area (Å²) in [4.78, 5) is 23.1. The number of likely N-dealkylation sites (tertiary alicyclic amines) is 1. The van der Waals surface area contributed by atoms with Crippen molar-refractivity contribution in [1.82, 2.24) is 4.90 Å². The molecule has 2 rings (SSSR count). The number of nitrogens with zero attached hydrogens (tertiary/aromatic N) is 2. The lowest BCUT2D eigenvalue weighted by molar-refractivity contribution is -0.384. The van der Waals surface area contributed by atoms with E-state index in [1.54, 1.807) is 12.1 Å². The molecule has 0 spiro atoms. The zero-order valence-electron chi connectivity index (χ0n) is 11.2. The molecule has 0 radical (unpaired) electrons. The number of piperidine rings is 1. The number of carboxylic acids is 1. The number of aliphatic carboxylic acids is 1. The molecule has 0 unspecified atom stereocenters. The highest BCUT2D eigenvalue weighted by Crippen LogP contribution is 2.22. The fourth-order valence-electron chi connectivity index (χ4n) is 2.58. The number of nitro benzene ring substituents is 1. The third-order valence-electron chi connectivity index (χ3n) is 3.72. The zero-order chi connectivity index (χ0) is 14.5. The van der Waals surface area contributed by atoms with Gasteiger partial charge < -0.3 is 5.11 Å². The highest BCUT2D eigenvalue weighted by Gasteiger charge is 2.21. The van der Waals surface area contributed by atoms with Crippen molar-refractivity contribution < 1.29 is 14.8 Å². The smallest absolute Gasteiger partial charge is 0.303 e. The summed E-state index contributed by atoms with van der Waals surface area (Å²) >= 11 is 0. The molecule has 1 aromatic carbocycles. The minimum absolute atomic E-state index is 0.105. The molecule has 0 bridgehead atoms. The van der Waals surface area contributed by atoms with Crippen LogP contribution in [-0.2, 0) is 11.3 Å². The van der Waals surface area contributed by atoms with Crippen LogP contribution in [0.1, 0.15) is 24.8 Å². The van der Waals surface area contributed by atoms with Crippen LogP contribution in [0.25, 0.3) is 0 Å². The fourth-order valence-corrected chi connectivity index (χ4v) is 2.58. The van der Waals surface area contributed by atoms with Crippen LogP contribution in [-0.4, -0.2) is 34.0 Å². The van der Waals surface area contributed by atoms with E-state index in [2.05, 4.69) is 4.90 Å². The van der Waals surface area contributed by atoms with Gasteiger partial charge in [0, 0.05) is 25.1 Å². The molecule has 1 N–H and O–H groups in total. The number of hydrogen-bond donors (Lipinski definition) is 1. The van der Waals surface area contributed by atoms with Gasteiger partial charge in [-0.05, 0) is 37.4 Å². The average Bonchev–Trinajstić information content (AvgIpc) is 2.41. The quantitative estimate of drug-likeness (QED) is 0.660. The molecule has 1 aliphatic rings. The van der Waals surface area contributed by atoms with Gasteiger partial charge in [0.05, 0.1) is 4.92 Å². The van der Waals surface area contributed by atoms with Crippen molar-refractivity contribution in [1.29, 1.82) is 0 Å². The van der Waals surface area contributed by atoms with Gasteiger partial charge in [-0.15, -0.1) is 0 Å². The van der Waals surface area contributed by atoms with Crippen molar-refractivity contribution in [2.75, 3.05) is 13.1 Å². The maximum Gasteiger partial charge on any atom is 0.303 e. The van der Waals surface area contributed by atoms with E-state index in [0.29, 0.717) is 0 Å². The Morgan fingerprint density at radius 1 is 1.30 bits per heavy atom. The molecule has 0 amide bonds. The number of hydrogen-bond acceptors (Lipinski definition) is 4. The molecule has 1 saturated heterocycles. The van der Waals surface area contributed by atoms with Gasteiger partial charge in [-0.25, -0.2) is 0 Å². The minimum Gasteiger partial charge on any atom is -0.481 e. The van der Waals surface area contributed by atoms with Gasteiger partial charge in [-0.3, -0.25) is 19.8 Å². The average molecular weight is 278 g/mol. The van der Waals surface area contributed by atoms with Crippen LogP contribution in [0.2, 0.25) is 0 Å². The van der Waals surface area contributed by atoms with Gasteiger partial charge in [-0.2, -0.15) is 0 Å². The first kappa shape index (κ1) is 14.5. The van der Waals surface area contributed by atoms with Crippen molar-refractivity contribution in [2.24, 2.45) is 5.92 Å². The number of carbonyl (C=O) groups is 1. The topological polar surface area (TPSA) is 83.7 Å². The molecule has 1 aliphatic heterocycles. The van der Waals surface area contributed by atoms with Gasteiger partial charge in [-0.1, -0.05) is 12.1 Å². The van der Waals surface area contributed by atoms with Gasteiger partial charge in [0.1, 0.15) is 0 Å². The highest BCUT2D eigenvalue weighted by molar-refractivity contribution is 5.67. The molecule has 0 aliphatic carbocycles. The van der Waals surface area contributed by atoms with E-state index in [-0.39, 0.29) is 18.0 Å². The lowest BCUT2D eigenvalue weighted by atomic mass is 9.93. The molecule has 6 heteroatoms. The van der Waals surface area contributed by atoms with E-state index in [4.69, 9.17) is 5.11 Å². The number of carboxylic acid groups (broad SMARTS) is 1. The summed E-state index contributed by atoms with van der Waals surface area (Å²) in [6.45, 7) is 2.53. The maximum atomic E-state index is 10.7. The van der Waals surface area contributed by atoms with Crippen LogP contribution < -0.4 is 0 Å². The Hall–Kier alpha value is -1.95. The van der Waals surface area contributed by atoms with Crippen LogP contribution in [0.3, 0.4) is 0 Å². The van der Waals surface area contributed by atoms with E-state index < -0.39 is 10.9 Å². The molecule has 0 saturated carbocycles. The first-order valence-corrected chi connectivity index (χ1v) is 6.72. The molecule has 108 valence electrons. The Kier molecular flexibility index (Phi) is 4.68. The van der Waals surface area contributed by atoms with Crippen molar-refractivity contribution >= 4 is 11.7 Å². The van der Waals surface area contributed by atoms with Gasteiger partial charge in [0.2, 0.25) is 0 Å². The lowest BCUT2D eigenvalue weighted by Gasteiger charge is -2.31. The molecule has 20 heavy (non-hydrogen) atoms. The third-order valence-corrected chi connectivity index (χ3v) is 3.72. The second-order valence-electron chi connectivity index (χ2n) is 5.24. The first-order valence-electron chi connectivity index (χ1n) is 6.72. The minimum atomic E-state index is -0.723.